The number of amides is 1. The van der Waals surface area contributed by atoms with Crippen molar-refractivity contribution in [2.45, 2.75) is 25.8 Å². The number of hydrogen-bond donors (Lipinski definition) is 1. The second-order valence-corrected chi connectivity index (χ2v) is 5.24. The molecule has 98 valence electrons. The van der Waals surface area contributed by atoms with Crippen LogP contribution in [0.15, 0.2) is 30.3 Å². The lowest BCUT2D eigenvalue weighted by Crippen LogP contribution is -2.42. The third-order valence-electron chi connectivity index (χ3n) is 3.65. The van der Waals surface area contributed by atoms with E-state index in [9.17, 15) is 4.79 Å². The Morgan fingerprint density at radius 3 is 2.78 bits per heavy atom. The van der Waals surface area contributed by atoms with Gasteiger partial charge in [-0.05, 0) is 38.9 Å². The Morgan fingerprint density at radius 2 is 2.11 bits per heavy atom. The molecule has 1 N–H and O–H groups in total. The Bertz CT molecular complexity index is 391. The lowest BCUT2D eigenvalue weighted by molar-refractivity contribution is -0.127. The fourth-order valence-electron chi connectivity index (χ4n) is 2.54. The third kappa shape index (κ3) is 3.33. The summed E-state index contributed by atoms with van der Waals surface area (Å²) in [5.74, 6) is 0.341. The first-order valence-corrected chi connectivity index (χ1v) is 6.70. The van der Waals surface area contributed by atoms with Crippen molar-refractivity contribution in [2.24, 2.45) is 5.92 Å². The van der Waals surface area contributed by atoms with E-state index in [1.54, 1.807) is 0 Å². The van der Waals surface area contributed by atoms with Crippen molar-refractivity contribution >= 4 is 5.91 Å². The van der Waals surface area contributed by atoms with Crippen LogP contribution < -0.4 is 5.32 Å². The molecule has 1 aliphatic heterocycles. The lowest BCUT2D eigenvalue weighted by atomic mass is 9.97. The molecule has 2 atom stereocenters. The Hall–Kier alpha value is -1.35. The van der Waals surface area contributed by atoms with Crippen LogP contribution in [-0.4, -0.2) is 30.9 Å². The molecule has 0 saturated carbocycles. The molecule has 1 aromatic rings. The molecule has 0 radical (unpaired) electrons. The maximum atomic E-state index is 12.2. The molecular weight excluding hydrogens is 224 g/mol. The molecule has 0 aromatic heterocycles. The number of nitrogens with zero attached hydrogens (tertiary/aromatic N) is 1. The van der Waals surface area contributed by atoms with Crippen LogP contribution in [0.4, 0.5) is 0 Å². The first-order valence-electron chi connectivity index (χ1n) is 6.70. The quantitative estimate of drug-likeness (QED) is 0.887. The Kier molecular flexibility index (Phi) is 4.37. The van der Waals surface area contributed by atoms with E-state index in [0.29, 0.717) is 0 Å². The fraction of sp³-hybridized carbons (Fsp3) is 0.533. The van der Waals surface area contributed by atoms with E-state index in [1.807, 2.05) is 25.1 Å². The fourth-order valence-corrected chi connectivity index (χ4v) is 2.54. The van der Waals surface area contributed by atoms with Crippen molar-refractivity contribution in [1.82, 2.24) is 10.2 Å². The molecule has 1 aliphatic rings. The summed E-state index contributed by atoms with van der Waals surface area (Å²) < 4.78 is 0. The van der Waals surface area contributed by atoms with Gasteiger partial charge in [0.15, 0.2) is 0 Å². The smallest absolute Gasteiger partial charge is 0.224 e. The number of benzene rings is 1. The summed E-state index contributed by atoms with van der Waals surface area (Å²) in [6.45, 7) is 4.03. The van der Waals surface area contributed by atoms with Gasteiger partial charge in [-0.25, -0.2) is 0 Å². The summed E-state index contributed by atoms with van der Waals surface area (Å²) in [4.78, 5) is 14.4. The average Bonchev–Trinajstić information content (AvgIpc) is 2.39. The van der Waals surface area contributed by atoms with Crippen LogP contribution in [0.25, 0.3) is 0 Å². The van der Waals surface area contributed by atoms with E-state index >= 15 is 0 Å². The van der Waals surface area contributed by atoms with E-state index in [-0.39, 0.29) is 17.9 Å². The van der Waals surface area contributed by atoms with Crippen LogP contribution in [0.2, 0.25) is 0 Å². The van der Waals surface area contributed by atoms with Crippen LogP contribution in [0, 0.1) is 5.92 Å². The van der Waals surface area contributed by atoms with Crippen molar-refractivity contribution in [1.29, 1.82) is 0 Å². The van der Waals surface area contributed by atoms with Gasteiger partial charge in [-0.2, -0.15) is 0 Å². The number of hydrogen-bond acceptors (Lipinski definition) is 2. The van der Waals surface area contributed by atoms with Crippen LogP contribution in [-0.2, 0) is 4.79 Å². The number of nitrogens with one attached hydrogen (secondary N) is 1. The first-order chi connectivity index (χ1) is 8.66. The number of likely N-dealkylation sites (tertiary alicyclic amines) is 1. The molecule has 0 aliphatic carbocycles. The molecule has 3 heteroatoms. The predicted octanol–water partition coefficient (Wildman–Crippen LogP) is 2.21. The molecule has 2 rings (SSSR count). The molecule has 1 unspecified atom stereocenters. The van der Waals surface area contributed by atoms with Gasteiger partial charge < -0.3 is 10.2 Å². The van der Waals surface area contributed by atoms with Crippen molar-refractivity contribution in [3.05, 3.63) is 35.9 Å². The highest BCUT2D eigenvalue weighted by Gasteiger charge is 2.24. The van der Waals surface area contributed by atoms with Crippen molar-refractivity contribution in [3.63, 3.8) is 0 Å². The number of piperidine rings is 1. The standard InChI is InChI=1S/C15H22N2O/c1-12(13-7-4-3-5-8-13)16-15(18)14-9-6-10-17(2)11-14/h3-5,7-8,12,14H,6,9-11H2,1-2H3,(H,16,18)/t12-,14?/m1/s1. The molecule has 1 amide bonds. The monoisotopic (exact) mass is 246 g/mol. The van der Waals surface area contributed by atoms with Gasteiger partial charge in [-0.1, -0.05) is 30.3 Å². The van der Waals surface area contributed by atoms with Crippen LogP contribution >= 0.6 is 0 Å². The number of carbonyl (C=O) groups is 1. The SMILES string of the molecule is C[C@@H](NC(=O)C1CCCN(C)C1)c1ccccc1. The summed E-state index contributed by atoms with van der Waals surface area (Å²) in [5.41, 5.74) is 1.16. The van der Waals surface area contributed by atoms with E-state index in [4.69, 9.17) is 0 Å². The van der Waals surface area contributed by atoms with E-state index in [1.165, 1.54) is 0 Å². The van der Waals surface area contributed by atoms with Crippen molar-refractivity contribution in [3.8, 4) is 0 Å². The topological polar surface area (TPSA) is 32.3 Å². The van der Waals surface area contributed by atoms with E-state index in [0.717, 1.165) is 31.5 Å². The summed E-state index contributed by atoms with van der Waals surface area (Å²) in [7, 11) is 2.08. The van der Waals surface area contributed by atoms with Gasteiger partial charge in [0.2, 0.25) is 5.91 Å². The maximum absolute atomic E-state index is 12.2. The zero-order chi connectivity index (χ0) is 13.0. The largest absolute Gasteiger partial charge is 0.349 e. The van der Waals surface area contributed by atoms with Gasteiger partial charge in [0, 0.05) is 6.54 Å². The molecule has 1 heterocycles. The van der Waals surface area contributed by atoms with Crippen LogP contribution in [0.1, 0.15) is 31.4 Å². The van der Waals surface area contributed by atoms with E-state index in [2.05, 4.69) is 29.4 Å². The Labute approximate surface area is 109 Å². The summed E-state index contributed by atoms with van der Waals surface area (Å²) in [5, 5.41) is 3.12. The van der Waals surface area contributed by atoms with Gasteiger partial charge >= 0.3 is 0 Å². The summed E-state index contributed by atoms with van der Waals surface area (Å²) in [6.07, 6.45) is 2.13. The number of carbonyl (C=O) groups excluding carboxylic acids is 1. The summed E-state index contributed by atoms with van der Waals surface area (Å²) >= 11 is 0. The molecule has 1 saturated heterocycles. The second kappa shape index (κ2) is 6.01. The molecule has 0 spiro atoms. The van der Waals surface area contributed by atoms with Crippen LogP contribution in [0.3, 0.4) is 0 Å². The normalized spacial score (nSPS) is 22.4. The van der Waals surface area contributed by atoms with Crippen molar-refractivity contribution in [2.75, 3.05) is 20.1 Å². The molecule has 0 bridgehead atoms. The molecule has 1 aromatic carbocycles. The minimum Gasteiger partial charge on any atom is -0.349 e. The van der Waals surface area contributed by atoms with Gasteiger partial charge in [-0.15, -0.1) is 0 Å². The third-order valence-corrected chi connectivity index (χ3v) is 3.65. The zero-order valence-electron chi connectivity index (χ0n) is 11.2. The number of rotatable bonds is 3. The highest BCUT2D eigenvalue weighted by Crippen LogP contribution is 2.17. The Balaban J connectivity index is 1.91. The lowest BCUT2D eigenvalue weighted by Gasteiger charge is -2.29. The minimum absolute atomic E-state index is 0.0888. The highest BCUT2D eigenvalue weighted by atomic mass is 16.2. The van der Waals surface area contributed by atoms with Gasteiger partial charge in [0.25, 0.3) is 0 Å². The zero-order valence-corrected chi connectivity index (χ0v) is 11.2. The van der Waals surface area contributed by atoms with E-state index < -0.39 is 0 Å². The van der Waals surface area contributed by atoms with Crippen molar-refractivity contribution < 1.29 is 4.79 Å². The van der Waals surface area contributed by atoms with Crippen LogP contribution in [0.5, 0.6) is 0 Å². The minimum atomic E-state index is 0.0888. The molecular formula is C15H22N2O. The maximum Gasteiger partial charge on any atom is 0.224 e. The average molecular weight is 246 g/mol. The Morgan fingerprint density at radius 1 is 1.39 bits per heavy atom. The predicted molar refractivity (Wildman–Crippen MR) is 73.2 cm³/mol. The van der Waals surface area contributed by atoms with Gasteiger partial charge in [-0.3, -0.25) is 4.79 Å². The highest BCUT2D eigenvalue weighted by molar-refractivity contribution is 5.79. The molecule has 3 nitrogen and oxygen atoms in total. The summed E-state index contributed by atoms with van der Waals surface area (Å²) in [6, 6.07) is 10.2. The molecule has 1 fully saturated rings. The first kappa shape index (κ1) is 13.1. The molecule has 18 heavy (non-hydrogen) atoms. The van der Waals surface area contributed by atoms with Gasteiger partial charge in [0.05, 0.1) is 12.0 Å². The second-order valence-electron chi connectivity index (χ2n) is 5.24. The van der Waals surface area contributed by atoms with Gasteiger partial charge in [0.1, 0.15) is 0 Å².